The van der Waals surface area contributed by atoms with Gasteiger partial charge in [0.05, 0.1) is 35.1 Å². The Morgan fingerprint density at radius 1 is 1.02 bits per heavy atom. The van der Waals surface area contributed by atoms with Crippen LogP contribution in [-0.2, 0) is 9.53 Å². The molecule has 0 saturated carbocycles. The van der Waals surface area contributed by atoms with E-state index in [1.54, 1.807) is 29.3 Å². The number of nitrogens with zero attached hydrogens (tertiary/aromatic N) is 2. The zero-order chi connectivity index (χ0) is 30.3. The largest absolute Gasteiger partial charge is 0.490 e. The van der Waals surface area contributed by atoms with E-state index in [0.717, 1.165) is 21.6 Å². The van der Waals surface area contributed by atoms with Crippen molar-refractivity contribution < 1.29 is 19.0 Å². The maximum absolute atomic E-state index is 14.1. The first-order chi connectivity index (χ1) is 21.0. The molecule has 1 aliphatic heterocycles. The number of thiazole rings is 1. The molecule has 0 radical (unpaired) electrons. The van der Waals surface area contributed by atoms with Crippen molar-refractivity contribution in [2.75, 3.05) is 26.1 Å². The predicted octanol–water partition coefficient (Wildman–Crippen LogP) is 5.62. The van der Waals surface area contributed by atoms with E-state index in [1.807, 2.05) is 92.1 Å². The van der Waals surface area contributed by atoms with E-state index >= 15 is 0 Å². The molecule has 0 amide bonds. The van der Waals surface area contributed by atoms with Gasteiger partial charge in [-0.3, -0.25) is 9.36 Å². The number of carbonyl (C=O) groups is 1. The Kier molecular flexibility index (Phi) is 9.64. The maximum atomic E-state index is 14.1. The Balaban J connectivity index is 1.74. The maximum Gasteiger partial charge on any atom is 0.338 e. The SMILES string of the molecule is C=CCOc1ccc(/C=c2\sc3n(c2=O)[C@H](c2ccc(SC)cc2)C(C(=O)OCC)=C(c2ccccc2)N=3)cc1OCC. The van der Waals surface area contributed by atoms with Gasteiger partial charge >= 0.3 is 5.97 Å². The van der Waals surface area contributed by atoms with Gasteiger partial charge in [0.1, 0.15) is 6.61 Å². The van der Waals surface area contributed by atoms with E-state index in [9.17, 15) is 9.59 Å². The zero-order valence-electron chi connectivity index (χ0n) is 24.2. The van der Waals surface area contributed by atoms with Crippen LogP contribution in [0.1, 0.15) is 36.6 Å². The van der Waals surface area contributed by atoms with Crippen LogP contribution in [0.5, 0.6) is 11.5 Å². The molecule has 0 aliphatic carbocycles. The van der Waals surface area contributed by atoms with Gasteiger partial charge in [0.25, 0.3) is 5.56 Å². The summed E-state index contributed by atoms with van der Waals surface area (Å²) >= 11 is 2.90. The molecule has 0 N–H and O–H groups in total. The van der Waals surface area contributed by atoms with Crippen LogP contribution in [0.15, 0.2) is 106 Å². The van der Waals surface area contributed by atoms with E-state index in [4.69, 9.17) is 19.2 Å². The molecule has 9 heteroatoms. The molecule has 2 heterocycles. The molecule has 7 nitrogen and oxygen atoms in total. The smallest absolute Gasteiger partial charge is 0.338 e. The van der Waals surface area contributed by atoms with E-state index in [0.29, 0.717) is 45.3 Å². The van der Waals surface area contributed by atoms with Crippen molar-refractivity contribution in [1.29, 1.82) is 0 Å². The summed E-state index contributed by atoms with van der Waals surface area (Å²) in [6, 6.07) is 22.2. The Hall–Kier alpha value is -4.34. The van der Waals surface area contributed by atoms with E-state index < -0.39 is 12.0 Å². The predicted molar refractivity (Wildman–Crippen MR) is 173 cm³/mol. The standard InChI is InChI=1S/C34H32N2O5S2/c1-5-19-41-26-18-13-22(20-27(26)39-6-2)21-28-32(37)36-31(24-14-16-25(42-4)17-15-24)29(33(38)40-7-3)30(35-34(36)43-28)23-11-9-8-10-12-23/h5,8-18,20-21,31H,1,6-7,19H2,2-4H3/b28-21-/t31-/m1/s1. The minimum absolute atomic E-state index is 0.196. The molecule has 3 aromatic carbocycles. The number of hydrogen-bond acceptors (Lipinski definition) is 8. The highest BCUT2D eigenvalue weighted by atomic mass is 32.2. The van der Waals surface area contributed by atoms with Gasteiger partial charge in [0.2, 0.25) is 0 Å². The van der Waals surface area contributed by atoms with Crippen LogP contribution < -0.4 is 24.4 Å². The number of aromatic nitrogens is 1. The second kappa shape index (κ2) is 13.8. The lowest BCUT2D eigenvalue weighted by Gasteiger charge is -2.26. The topological polar surface area (TPSA) is 79.1 Å². The fourth-order valence-corrected chi connectivity index (χ4v) is 6.25. The van der Waals surface area contributed by atoms with Gasteiger partial charge in [-0.25, -0.2) is 9.79 Å². The molecular formula is C34H32N2O5S2. The number of rotatable bonds is 11. The summed E-state index contributed by atoms with van der Waals surface area (Å²) in [5, 5.41) is 0. The van der Waals surface area contributed by atoms with Crippen LogP contribution >= 0.6 is 23.1 Å². The van der Waals surface area contributed by atoms with Gasteiger partial charge < -0.3 is 14.2 Å². The lowest BCUT2D eigenvalue weighted by atomic mass is 9.93. The van der Waals surface area contributed by atoms with Crippen molar-refractivity contribution in [2.24, 2.45) is 4.99 Å². The molecule has 0 bridgehead atoms. The van der Waals surface area contributed by atoms with Crippen molar-refractivity contribution in [3.8, 4) is 11.5 Å². The third-order valence-corrected chi connectivity index (χ3v) is 8.45. The van der Waals surface area contributed by atoms with E-state index in [2.05, 4.69) is 6.58 Å². The molecule has 43 heavy (non-hydrogen) atoms. The van der Waals surface area contributed by atoms with Crippen LogP contribution in [0.25, 0.3) is 11.8 Å². The molecule has 0 fully saturated rings. The minimum atomic E-state index is -0.725. The summed E-state index contributed by atoms with van der Waals surface area (Å²) in [4.78, 5) is 34.3. The monoisotopic (exact) mass is 612 g/mol. The summed E-state index contributed by atoms with van der Waals surface area (Å²) in [6.45, 7) is 8.38. The quantitative estimate of drug-likeness (QED) is 0.124. The number of esters is 1. The Morgan fingerprint density at radius 2 is 1.79 bits per heavy atom. The first-order valence-electron chi connectivity index (χ1n) is 13.9. The normalized spacial score (nSPS) is 14.6. The Morgan fingerprint density at radius 3 is 2.47 bits per heavy atom. The molecule has 220 valence electrons. The molecule has 0 unspecified atom stereocenters. The number of benzene rings is 3. The highest BCUT2D eigenvalue weighted by Gasteiger charge is 2.35. The average Bonchev–Trinajstić information content (AvgIpc) is 3.34. The van der Waals surface area contributed by atoms with Crippen molar-refractivity contribution in [3.63, 3.8) is 0 Å². The van der Waals surface area contributed by atoms with Gasteiger partial charge in [-0.2, -0.15) is 0 Å². The fraction of sp³-hybridized carbons (Fsp3) is 0.206. The van der Waals surface area contributed by atoms with Crippen molar-refractivity contribution in [1.82, 2.24) is 4.57 Å². The molecular weight excluding hydrogens is 581 g/mol. The third-order valence-electron chi connectivity index (χ3n) is 6.73. The summed E-state index contributed by atoms with van der Waals surface area (Å²) in [5.41, 5.74) is 2.90. The second-order valence-electron chi connectivity index (χ2n) is 9.44. The van der Waals surface area contributed by atoms with Crippen LogP contribution in [0.2, 0.25) is 0 Å². The number of hydrogen-bond donors (Lipinski definition) is 0. The molecule has 4 aromatic rings. The molecule has 0 spiro atoms. The molecule has 0 saturated heterocycles. The lowest BCUT2D eigenvalue weighted by molar-refractivity contribution is -0.138. The van der Waals surface area contributed by atoms with Gasteiger partial charge in [-0.05, 0) is 61.6 Å². The number of ether oxygens (including phenoxy) is 3. The highest BCUT2D eigenvalue weighted by molar-refractivity contribution is 7.98. The lowest BCUT2D eigenvalue weighted by Crippen LogP contribution is -2.40. The zero-order valence-corrected chi connectivity index (χ0v) is 25.9. The van der Waals surface area contributed by atoms with E-state index in [-0.39, 0.29) is 12.2 Å². The van der Waals surface area contributed by atoms with Crippen LogP contribution in [0, 0.1) is 0 Å². The summed E-state index contributed by atoms with van der Waals surface area (Å²) in [6.07, 6.45) is 5.49. The molecule has 1 atom stereocenters. The van der Waals surface area contributed by atoms with Gasteiger partial charge in [-0.1, -0.05) is 72.5 Å². The Bertz CT molecular complexity index is 1840. The third kappa shape index (κ3) is 6.38. The van der Waals surface area contributed by atoms with Crippen LogP contribution in [0.4, 0.5) is 0 Å². The molecule has 1 aliphatic rings. The number of carbonyl (C=O) groups excluding carboxylic acids is 1. The molecule has 5 rings (SSSR count). The fourth-order valence-electron chi connectivity index (χ4n) is 4.84. The second-order valence-corrected chi connectivity index (χ2v) is 11.3. The number of thioether (sulfide) groups is 1. The van der Waals surface area contributed by atoms with Crippen molar-refractivity contribution in [2.45, 2.75) is 24.8 Å². The van der Waals surface area contributed by atoms with Gasteiger partial charge in [-0.15, -0.1) is 11.8 Å². The summed E-state index contributed by atoms with van der Waals surface area (Å²) in [7, 11) is 0. The first-order valence-corrected chi connectivity index (χ1v) is 16.0. The van der Waals surface area contributed by atoms with Gasteiger partial charge in [0.15, 0.2) is 16.3 Å². The van der Waals surface area contributed by atoms with Crippen molar-refractivity contribution in [3.05, 3.63) is 127 Å². The van der Waals surface area contributed by atoms with Crippen LogP contribution in [-0.4, -0.2) is 36.6 Å². The number of fused-ring (bicyclic) bond motifs is 1. The Labute approximate surface area is 258 Å². The first kappa shape index (κ1) is 30.1. The summed E-state index contributed by atoms with van der Waals surface area (Å²) < 4.78 is 19.2. The minimum Gasteiger partial charge on any atom is -0.490 e. The van der Waals surface area contributed by atoms with E-state index in [1.165, 1.54) is 11.3 Å². The average molecular weight is 613 g/mol. The molecule has 1 aromatic heterocycles. The van der Waals surface area contributed by atoms with Crippen molar-refractivity contribution >= 4 is 40.8 Å². The summed E-state index contributed by atoms with van der Waals surface area (Å²) in [5.74, 6) is 0.670. The highest BCUT2D eigenvalue weighted by Crippen LogP contribution is 2.36. The van der Waals surface area contributed by atoms with Crippen LogP contribution in [0.3, 0.4) is 0 Å². The van der Waals surface area contributed by atoms with Gasteiger partial charge in [0, 0.05) is 10.5 Å².